The number of hydrogen-bond acceptors (Lipinski definition) is 5. The molecule has 2 aliphatic heterocycles. The molecule has 1 saturated heterocycles. The van der Waals surface area contributed by atoms with Crippen LogP contribution in [-0.4, -0.2) is 51.3 Å². The van der Waals surface area contributed by atoms with E-state index in [9.17, 15) is 19.5 Å². The van der Waals surface area contributed by atoms with Crippen LogP contribution in [0.3, 0.4) is 0 Å². The van der Waals surface area contributed by atoms with Gasteiger partial charge >= 0.3 is 12.1 Å². The van der Waals surface area contributed by atoms with Crippen molar-refractivity contribution >= 4 is 17.8 Å². The predicted octanol–water partition coefficient (Wildman–Crippen LogP) is 2.86. The van der Waals surface area contributed by atoms with Crippen molar-refractivity contribution in [2.24, 2.45) is 5.92 Å². The first-order chi connectivity index (χ1) is 13.5. The van der Waals surface area contributed by atoms with Crippen molar-refractivity contribution in [1.29, 1.82) is 0 Å². The van der Waals surface area contributed by atoms with Crippen LogP contribution in [0.5, 0.6) is 0 Å². The van der Waals surface area contributed by atoms with Crippen molar-refractivity contribution in [2.75, 3.05) is 6.54 Å². The fourth-order valence-electron chi connectivity index (χ4n) is 5.06. The van der Waals surface area contributed by atoms with Crippen LogP contribution in [0.2, 0.25) is 0 Å². The van der Waals surface area contributed by atoms with E-state index >= 15 is 0 Å². The molecule has 4 atom stereocenters. The Labute approximate surface area is 171 Å². The van der Waals surface area contributed by atoms with Gasteiger partial charge in [-0.3, -0.25) is 10.1 Å². The van der Waals surface area contributed by atoms with E-state index < -0.39 is 33.7 Å². The summed E-state index contributed by atoms with van der Waals surface area (Å²) >= 11 is 0. The first-order valence-corrected chi connectivity index (χ1v) is 10.1. The highest BCUT2D eigenvalue weighted by Crippen LogP contribution is 2.45. The molecule has 1 aromatic rings. The van der Waals surface area contributed by atoms with Crippen molar-refractivity contribution in [1.82, 2.24) is 5.32 Å². The van der Waals surface area contributed by atoms with E-state index in [-0.39, 0.29) is 18.4 Å². The number of ether oxygens (including phenoxy) is 1. The molecule has 0 saturated carbocycles. The number of hydrogen-bond donors (Lipinski definition) is 2. The van der Waals surface area contributed by atoms with Crippen LogP contribution in [0.4, 0.5) is 4.79 Å². The van der Waals surface area contributed by atoms with Crippen LogP contribution in [0, 0.1) is 5.92 Å². The van der Waals surface area contributed by atoms with Crippen molar-refractivity contribution < 1.29 is 28.7 Å². The Morgan fingerprint density at radius 1 is 1.21 bits per heavy atom. The summed E-state index contributed by atoms with van der Waals surface area (Å²) in [4.78, 5) is 39.1. The van der Waals surface area contributed by atoms with Gasteiger partial charge < -0.3 is 9.84 Å². The van der Waals surface area contributed by atoms with Crippen molar-refractivity contribution in [2.45, 2.75) is 71.3 Å². The number of fused-ring (bicyclic) bond motifs is 1. The molecule has 7 nitrogen and oxygen atoms in total. The SMILES string of the molecule is CC(=O)C1CCNC1(C(=O)O)[N+]1(C(=O)OC(C)(C)C)Cc2ccccc2C[C@H]1C. The van der Waals surface area contributed by atoms with Crippen LogP contribution in [-0.2, 0) is 27.3 Å². The largest absolute Gasteiger partial charge is 0.519 e. The molecule has 2 heterocycles. The van der Waals surface area contributed by atoms with Gasteiger partial charge in [-0.2, -0.15) is 9.28 Å². The van der Waals surface area contributed by atoms with Crippen molar-refractivity contribution in [3.8, 4) is 0 Å². The van der Waals surface area contributed by atoms with E-state index in [1.165, 1.54) is 6.92 Å². The number of Topliss-reactive ketones (excluding diaryl/α,β-unsaturated/α-hetero) is 1. The Kier molecular flexibility index (Phi) is 5.34. The summed E-state index contributed by atoms with van der Waals surface area (Å²) in [5.74, 6) is -2.24. The zero-order valence-corrected chi connectivity index (χ0v) is 17.8. The smallest absolute Gasteiger partial charge is 0.475 e. The van der Waals surface area contributed by atoms with E-state index in [0.29, 0.717) is 19.4 Å². The summed E-state index contributed by atoms with van der Waals surface area (Å²) in [5.41, 5.74) is -0.548. The van der Waals surface area contributed by atoms with Gasteiger partial charge in [-0.25, -0.2) is 4.79 Å². The highest BCUT2D eigenvalue weighted by molar-refractivity contribution is 5.90. The van der Waals surface area contributed by atoms with Gasteiger partial charge in [0.05, 0.1) is 0 Å². The zero-order valence-electron chi connectivity index (χ0n) is 17.8. The summed E-state index contributed by atoms with van der Waals surface area (Å²) < 4.78 is 5.33. The topological polar surface area (TPSA) is 92.7 Å². The number of carboxylic acids is 1. The number of carbonyl (C=O) groups is 3. The van der Waals surface area contributed by atoms with Crippen LogP contribution in [0.25, 0.3) is 0 Å². The number of ketones is 1. The third-order valence-electron chi connectivity index (χ3n) is 6.30. The maximum absolute atomic E-state index is 13.8. The first-order valence-electron chi connectivity index (χ1n) is 10.1. The Balaban J connectivity index is 2.27. The Bertz CT molecular complexity index is 846. The van der Waals surface area contributed by atoms with Gasteiger partial charge in [0.25, 0.3) is 5.66 Å². The molecule has 3 unspecified atom stereocenters. The summed E-state index contributed by atoms with van der Waals surface area (Å²) in [6.07, 6.45) is 0.290. The molecular formula is C22H31N2O5+. The lowest BCUT2D eigenvalue weighted by molar-refractivity contribution is -0.941. The molecule has 158 valence electrons. The number of nitrogens with one attached hydrogen (secondary N) is 1. The second-order valence-electron chi connectivity index (χ2n) is 9.28. The Hall–Kier alpha value is -2.25. The molecular weight excluding hydrogens is 372 g/mol. The van der Waals surface area contributed by atoms with E-state index in [0.717, 1.165) is 11.1 Å². The van der Waals surface area contributed by atoms with Gasteiger partial charge in [-0.05, 0) is 46.6 Å². The fraction of sp³-hybridized carbons (Fsp3) is 0.591. The van der Waals surface area contributed by atoms with Crippen LogP contribution >= 0.6 is 0 Å². The molecule has 2 aliphatic rings. The third-order valence-corrected chi connectivity index (χ3v) is 6.30. The van der Waals surface area contributed by atoms with Crippen LogP contribution < -0.4 is 5.32 Å². The third kappa shape index (κ3) is 3.26. The number of carbonyl (C=O) groups excluding carboxylic acids is 2. The van der Waals surface area contributed by atoms with E-state index in [1.54, 1.807) is 20.8 Å². The molecule has 1 amide bonds. The molecule has 0 aromatic heterocycles. The summed E-state index contributed by atoms with van der Waals surface area (Å²) in [6, 6.07) is 7.37. The maximum Gasteiger partial charge on any atom is 0.519 e. The molecule has 7 heteroatoms. The Morgan fingerprint density at radius 2 is 1.83 bits per heavy atom. The van der Waals surface area contributed by atoms with Gasteiger partial charge in [0.1, 0.15) is 29.9 Å². The molecule has 0 aliphatic carbocycles. The second-order valence-corrected chi connectivity index (χ2v) is 9.28. The van der Waals surface area contributed by atoms with E-state index in [1.807, 2.05) is 31.2 Å². The molecule has 0 radical (unpaired) electrons. The van der Waals surface area contributed by atoms with Gasteiger partial charge in [0, 0.05) is 18.5 Å². The molecule has 29 heavy (non-hydrogen) atoms. The molecule has 1 aromatic carbocycles. The number of amides is 1. The summed E-state index contributed by atoms with van der Waals surface area (Å²) in [7, 11) is 0. The molecule has 0 bridgehead atoms. The lowest BCUT2D eigenvalue weighted by Gasteiger charge is -2.53. The summed E-state index contributed by atoms with van der Waals surface area (Å²) in [6.45, 7) is 9.10. The number of benzene rings is 1. The molecule has 0 spiro atoms. The average Bonchev–Trinajstić information content (AvgIpc) is 3.06. The van der Waals surface area contributed by atoms with Gasteiger partial charge in [0.2, 0.25) is 0 Å². The zero-order chi connectivity index (χ0) is 21.6. The second kappa shape index (κ2) is 7.22. The standard InChI is InChI=1S/C22H30N2O5/c1-14-12-16-8-6-7-9-17(16)13-24(14,20(28)29-21(3,4)5)22(19(26)27)18(15(2)25)10-11-23-22/h6-9,14,18,23H,10-13H2,1-5H3/p+1/t14-,18?,22?,24?/m1/s1. The number of rotatable bonds is 3. The van der Waals surface area contributed by atoms with E-state index in [2.05, 4.69) is 5.32 Å². The molecule has 2 N–H and O–H groups in total. The van der Waals surface area contributed by atoms with Gasteiger partial charge in [0.15, 0.2) is 0 Å². The monoisotopic (exact) mass is 403 g/mol. The normalized spacial score (nSPS) is 31.8. The van der Waals surface area contributed by atoms with Gasteiger partial charge in [-0.1, -0.05) is 24.3 Å². The molecule has 1 fully saturated rings. The van der Waals surface area contributed by atoms with Crippen molar-refractivity contribution in [3.63, 3.8) is 0 Å². The minimum Gasteiger partial charge on any atom is -0.475 e. The predicted molar refractivity (Wildman–Crippen MR) is 107 cm³/mol. The maximum atomic E-state index is 13.8. The quantitative estimate of drug-likeness (QED) is 0.754. The first kappa shape index (κ1) is 21.5. The highest BCUT2D eigenvalue weighted by atomic mass is 16.6. The number of carboxylic acid groups (broad SMARTS) is 1. The summed E-state index contributed by atoms with van der Waals surface area (Å²) in [5, 5.41) is 13.6. The average molecular weight is 403 g/mol. The number of nitrogens with zero attached hydrogens (tertiary/aromatic N) is 1. The van der Waals surface area contributed by atoms with Gasteiger partial charge in [-0.15, -0.1) is 0 Å². The Morgan fingerprint density at radius 3 is 2.38 bits per heavy atom. The number of aliphatic carboxylic acids is 1. The lowest BCUT2D eigenvalue weighted by Crippen LogP contribution is -2.81. The lowest BCUT2D eigenvalue weighted by atomic mass is 9.81. The minimum atomic E-state index is -1.76. The van der Waals surface area contributed by atoms with E-state index in [4.69, 9.17) is 4.74 Å². The number of quaternary nitrogens is 1. The van der Waals surface area contributed by atoms with Crippen LogP contribution in [0.15, 0.2) is 24.3 Å². The minimum absolute atomic E-state index is 0.162. The van der Waals surface area contributed by atoms with Crippen LogP contribution in [0.1, 0.15) is 52.2 Å². The fourth-order valence-corrected chi connectivity index (χ4v) is 5.06. The highest BCUT2D eigenvalue weighted by Gasteiger charge is 2.72. The molecule has 3 rings (SSSR count). The van der Waals surface area contributed by atoms with Crippen molar-refractivity contribution in [3.05, 3.63) is 35.4 Å².